The Labute approximate surface area is 178 Å². The molecule has 0 aliphatic heterocycles. The predicted molar refractivity (Wildman–Crippen MR) is 113 cm³/mol. The third-order valence-corrected chi connectivity index (χ3v) is 6.37. The standard InChI is InChI=1S/C22H19F3N2O3S/c1-15-5-3-7-19(13-15)27(2)31(29,30)20-8-4-6-16(14-20)21(28)26-18-11-9-17(10-12-18)22(23,24)25/h3-14H,1-2H3,(H,26,28). The minimum absolute atomic E-state index is 0.0543. The number of sulfonamides is 1. The number of carbonyl (C=O) groups is 1. The summed E-state index contributed by atoms with van der Waals surface area (Å²) in [5.74, 6) is -0.644. The quantitative estimate of drug-likeness (QED) is 0.591. The van der Waals surface area contributed by atoms with Gasteiger partial charge in [-0.25, -0.2) is 8.42 Å². The van der Waals surface area contributed by atoms with E-state index >= 15 is 0 Å². The molecule has 0 fully saturated rings. The summed E-state index contributed by atoms with van der Waals surface area (Å²) in [6.45, 7) is 1.84. The first-order chi connectivity index (χ1) is 14.5. The molecule has 0 bridgehead atoms. The third kappa shape index (κ3) is 5.05. The van der Waals surface area contributed by atoms with Gasteiger partial charge in [0.25, 0.3) is 15.9 Å². The van der Waals surface area contributed by atoms with Crippen molar-refractivity contribution in [3.05, 3.63) is 89.5 Å². The normalized spacial score (nSPS) is 11.8. The molecule has 31 heavy (non-hydrogen) atoms. The number of benzene rings is 3. The Morgan fingerprint density at radius 2 is 1.58 bits per heavy atom. The van der Waals surface area contributed by atoms with Gasteiger partial charge in [0, 0.05) is 18.3 Å². The number of nitrogens with zero attached hydrogens (tertiary/aromatic N) is 1. The SMILES string of the molecule is Cc1cccc(N(C)S(=O)(=O)c2cccc(C(=O)Nc3ccc(C(F)(F)F)cc3)c2)c1. The highest BCUT2D eigenvalue weighted by atomic mass is 32.2. The largest absolute Gasteiger partial charge is 0.416 e. The van der Waals surface area contributed by atoms with Crippen LogP contribution in [0.1, 0.15) is 21.5 Å². The average molecular weight is 448 g/mol. The Kier molecular flexibility index (Phi) is 6.08. The molecule has 162 valence electrons. The van der Waals surface area contributed by atoms with Crippen molar-refractivity contribution in [3.63, 3.8) is 0 Å². The Morgan fingerprint density at radius 3 is 2.19 bits per heavy atom. The van der Waals surface area contributed by atoms with Gasteiger partial charge in [0.1, 0.15) is 0 Å². The fourth-order valence-electron chi connectivity index (χ4n) is 2.86. The summed E-state index contributed by atoms with van der Waals surface area (Å²) >= 11 is 0. The molecule has 0 heterocycles. The summed E-state index contributed by atoms with van der Waals surface area (Å²) in [6.07, 6.45) is -4.48. The summed E-state index contributed by atoms with van der Waals surface area (Å²) in [5.41, 5.74) is 0.739. The first-order valence-electron chi connectivity index (χ1n) is 9.13. The molecule has 0 spiro atoms. The highest BCUT2D eigenvalue weighted by Gasteiger charge is 2.30. The van der Waals surface area contributed by atoms with Crippen molar-refractivity contribution < 1.29 is 26.4 Å². The summed E-state index contributed by atoms with van der Waals surface area (Å²) in [6, 6.07) is 16.4. The first-order valence-corrected chi connectivity index (χ1v) is 10.6. The van der Waals surface area contributed by atoms with Gasteiger partial charge in [-0.3, -0.25) is 9.10 Å². The number of hydrogen-bond acceptors (Lipinski definition) is 3. The van der Waals surface area contributed by atoms with Gasteiger partial charge >= 0.3 is 6.18 Å². The van der Waals surface area contributed by atoms with Crippen LogP contribution >= 0.6 is 0 Å². The maximum Gasteiger partial charge on any atom is 0.416 e. The number of aryl methyl sites for hydroxylation is 1. The van der Waals surface area contributed by atoms with Crippen LogP contribution in [0.3, 0.4) is 0 Å². The summed E-state index contributed by atoms with van der Waals surface area (Å²) in [4.78, 5) is 12.4. The minimum atomic E-state index is -4.48. The molecule has 5 nitrogen and oxygen atoms in total. The summed E-state index contributed by atoms with van der Waals surface area (Å²) in [7, 11) is -2.52. The van der Waals surface area contributed by atoms with E-state index in [2.05, 4.69) is 5.32 Å². The molecule has 0 aliphatic rings. The van der Waals surface area contributed by atoms with Crippen molar-refractivity contribution in [2.24, 2.45) is 0 Å². The van der Waals surface area contributed by atoms with Crippen LogP contribution in [-0.2, 0) is 16.2 Å². The Hall–Kier alpha value is -3.33. The van der Waals surface area contributed by atoms with E-state index in [9.17, 15) is 26.4 Å². The highest BCUT2D eigenvalue weighted by Crippen LogP contribution is 2.30. The molecule has 0 saturated heterocycles. The maximum absolute atomic E-state index is 13.0. The molecular weight excluding hydrogens is 429 g/mol. The van der Waals surface area contributed by atoms with Gasteiger partial charge in [-0.1, -0.05) is 18.2 Å². The lowest BCUT2D eigenvalue weighted by molar-refractivity contribution is -0.137. The monoisotopic (exact) mass is 448 g/mol. The van der Waals surface area contributed by atoms with E-state index in [0.29, 0.717) is 5.69 Å². The molecule has 0 aromatic heterocycles. The van der Waals surface area contributed by atoms with E-state index in [1.807, 2.05) is 13.0 Å². The van der Waals surface area contributed by atoms with Gasteiger partial charge in [0.2, 0.25) is 0 Å². The molecule has 0 saturated carbocycles. The molecule has 0 atom stereocenters. The highest BCUT2D eigenvalue weighted by molar-refractivity contribution is 7.92. The van der Waals surface area contributed by atoms with Crippen LogP contribution in [0.5, 0.6) is 0 Å². The number of anilines is 2. The van der Waals surface area contributed by atoms with Gasteiger partial charge in [0.05, 0.1) is 16.1 Å². The van der Waals surface area contributed by atoms with E-state index in [1.165, 1.54) is 31.3 Å². The molecule has 0 radical (unpaired) electrons. The number of halogens is 3. The van der Waals surface area contributed by atoms with Crippen LogP contribution in [0.2, 0.25) is 0 Å². The zero-order valence-electron chi connectivity index (χ0n) is 16.6. The molecule has 3 rings (SSSR count). The lowest BCUT2D eigenvalue weighted by atomic mass is 10.2. The molecule has 1 amide bonds. The Morgan fingerprint density at radius 1 is 0.935 bits per heavy atom. The fourth-order valence-corrected chi connectivity index (χ4v) is 4.10. The molecule has 3 aromatic rings. The smallest absolute Gasteiger partial charge is 0.322 e. The predicted octanol–water partition coefficient (Wildman–Crippen LogP) is 5.09. The maximum atomic E-state index is 13.0. The van der Waals surface area contributed by atoms with E-state index in [0.717, 1.165) is 34.1 Å². The lowest BCUT2D eigenvalue weighted by Gasteiger charge is -2.20. The zero-order valence-corrected chi connectivity index (χ0v) is 17.5. The molecule has 3 aromatic carbocycles. The minimum Gasteiger partial charge on any atom is -0.322 e. The van der Waals surface area contributed by atoms with Crippen LogP contribution in [0.15, 0.2) is 77.7 Å². The van der Waals surface area contributed by atoms with E-state index < -0.39 is 27.7 Å². The second kappa shape index (κ2) is 8.43. The number of amides is 1. The van der Waals surface area contributed by atoms with Gasteiger partial charge in [-0.2, -0.15) is 13.2 Å². The number of rotatable bonds is 5. The number of carbonyl (C=O) groups excluding carboxylic acids is 1. The summed E-state index contributed by atoms with van der Waals surface area (Å²) in [5, 5.41) is 2.47. The van der Waals surface area contributed by atoms with Crippen molar-refractivity contribution >= 4 is 27.3 Å². The van der Waals surface area contributed by atoms with E-state index in [-0.39, 0.29) is 16.1 Å². The molecular formula is C22H19F3N2O3S. The second-order valence-corrected chi connectivity index (χ2v) is 8.84. The molecule has 0 aliphatic carbocycles. The topological polar surface area (TPSA) is 66.5 Å². The second-order valence-electron chi connectivity index (χ2n) is 6.87. The number of alkyl halides is 3. The number of nitrogens with one attached hydrogen (secondary N) is 1. The van der Waals surface area contributed by atoms with Crippen LogP contribution in [0, 0.1) is 6.92 Å². The van der Waals surface area contributed by atoms with Crippen LogP contribution in [0.4, 0.5) is 24.5 Å². The first kappa shape index (κ1) is 22.4. The average Bonchev–Trinajstić information content (AvgIpc) is 2.73. The van der Waals surface area contributed by atoms with Crippen molar-refractivity contribution in [3.8, 4) is 0 Å². The zero-order chi connectivity index (χ0) is 22.8. The Bertz CT molecular complexity index is 1210. The van der Waals surface area contributed by atoms with Gasteiger partial charge in [-0.15, -0.1) is 0 Å². The van der Waals surface area contributed by atoms with Crippen LogP contribution in [-0.4, -0.2) is 21.4 Å². The van der Waals surface area contributed by atoms with Crippen molar-refractivity contribution in [1.29, 1.82) is 0 Å². The Balaban J connectivity index is 1.83. The van der Waals surface area contributed by atoms with Crippen LogP contribution < -0.4 is 9.62 Å². The van der Waals surface area contributed by atoms with Gasteiger partial charge in [-0.05, 0) is 67.1 Å². The van der Waals surface area contributed by atoms with Crippen molar-refractivity contribution in [2.45, 2.75) is 18.0 Å². The van der Waals surface area contributed by atoms with Gasteiger partial charge in [0.15, 0.2) is 0 Å². The number of hydrogen-bond donors (Lipinski definition) is 1. The molecule has 0 unspecified atom stereocenters. The molecule has 9 heteroatoms. The fraction of sp³-hybridized carbons (Fsp3) is 0.136. The van der Waals surface area contributed by atoms with Crippen molar-refractivity contribution in [1.82, 2.24) is 0 Å². The van der Waals surface area contributed by atoms with Crippen LogP contribution in [0.25, 0.3) is 0 Å². The lowest BCUT2D eigenvalue weighted by Crippen LogP contribution is -2.27. The van der Waals surface area contributed by atoms with E-state index in [4.69, 9.17) is 0 Å². The van der Waals surface area contributed by atoms with Gasteiger partial charge < -0.3 is 5.32 Å². The van der Waals surface area contributed by atoms with E-state index in [1.54, 1.807) is 18.2 Å². The molecule has 1 N–H and O–H groups in total. The summed E-state index contributed by atoms with van der Waals surface area (Å²) < 4.78 is 65.1. The third-order valence-electron chi connectivity index (χ3n) is 4.59. The van der Waals surface area contributed by atoms with Crippen molar-refractivity contribution in [2.75, 3.05) is 16.7 Å².